The largest absolute Gasteiger partial charge is 0.422 e. The minimum Gasteiger partial charge on any atom is -0.422 e. The third-order valence-electron chi connectivity index (χ3n) is 3.36. The molecule has 0 unspecified atom stereocenters. The molecule has 0 atom stereocenters. The Morgan fingerprint density at radius 2 is 1.54 bits per heavy atom. The lowest BCUT2D eigenvalue weighted by atomic mass is 10.1. The Morgan fingerprint density at radius 3 is 2.29 bits per heavy atom. The molecule has 2 amide bonds. The maximum Gasteiger partial charge on any atom is 0.347 e. The van der Waals surface area contributed by atoms with Crippen molar-refractivity contribution in [2.45, 2.75) is 0 Å². The molecule has 0 radical (unpaired) electrons. The monoisotopic (exact) mass is 321 g/mol. The Labute approximate surface area is 135 Å². The van der Waals surface area contributed by atoms with Crippen molar-refractivity contribution < 1.29 is 18.8 Å². The van der Waals surface area contributed by atoms with Crippen LogP contribution < -0.4 is 10.9 Å². The van der Waals surface area contributed by atoms with Gasteiger partial charge < -0.3 is 4.42 Å². The van der Waals surface area contributed by atoms with Gasteiger partial charge in [-0.1, -0.05) is 36.4 Å². The molecule has 1 heterocycles. The van der Waals surface area contributed by atoms with Gasteiger partial charge in [0.25, 0.3) is 17.6 Å². The molecule has 6 heteroatoms. The molecule has 6 nitrogen and oxygen atoms in total. The number of ketones is 1. The zero-order chi connectivity index (χ0) is 17.1. The summed E-state index contributed by atoms with van der Waals surface area (Å²) in [6.45, 7) is 0. The molecule has 24 heavy (non-hydrogen) atoms. The molecule has 3 aromatic rings. The number of rotatable bonds is 3. The highest BCUT2D eigenvalue weighted by Gasteiger charge is 2.23. The van der Waals surface area contributed by atoms with Gasteiger partial charge in [-0.25, -0.2) is 4.79 Å². The van der Waals surface area contributed by atoms with Crippen LogP contribution in [-0.4, -0.2) is 17.6 Å². The smallest absolute Gasteiger partial charge is 0.347 e. The molecular formula is C18H11NO5. The zero-order valence-electron chi connectivity index (χ0n) is 12.3. The van der Waals surface area contributed by atoms with Crippen LogP contribution in [0.2, 0.25) is 0 Å². The minimum atomic E-state index is -1.19. The number of amides is 2. The van der Waals surface area contributed by atoms with Crippen molar-refractivity contribution in [3.05, 3.63) is 82.2 Å². The van der Waals surface area contributed by atoms with Gasteiger partial charge in [-0.2, -0.15) is 0 Å². The molecule has 0 saturated carbocycles. The van der Waals surface area contributed by atoms with E-state index in [9.17, 15) is 19.2 Å². The van der Waals surface area contributed by atoms with Crippen molar-refractivity contribution in [2.75, 3.05) is 0 Å². The second-order valence-electron chi connectivity index (χ2n) is 4.96. The second-order valence-corrected chi connectivity index (χ2v) is 4.96. The average molecular weight is 321 g/mol. The van der Waals surface area contributed by atoms with Crippen molar-refractivity contribution in [2.24, 2.45) is 0 Å². The summed E-state index contributed by atoms with van der Waals surface area (Å²) in [5, 5.41) is 2.46. The van der Waals surface area contributed by atoms with Gasteiger partial charge in [0, 0.05) is 10.9 Å². The Hall–Kier alpha value is -3.54. The normalized spacial score (nSPS) is 10.3. The molecule has 0 aliphatic rings. The highest BCUT2D eigenvalue weighted by atomic mass is 16.4. The van der Waals surface area contributed by atoms with Crippen molar-refractivity contribution in [1.82, 2.24) is 5.32 Å². The van der Waals surface area contributed by atoms with E-state index in [1.165, 1.54) is 18.2 Å². The van der Waals surface area contributed by atoms with Crippen LogP contribution in [0.5, 0.6) is 0 Å². The van der Waals surface area contributed by atoms with Crippen LogP contribution in [0.3, 0.4) is 0 Å². The molecule has 0 aliphatic heterocycles. The topological polar surface area (TPSA) is 93.4 Å². The SMILES string of the molecule is O=C(NC(=O)c1ccccc1)C(=O)c1cc2ccccc2oc1=O. The van der Waals surface area contributed by atoms with Crippen molar-refractivity contribution in [3.8, 4) is 0 Å². The van der Waals surface area contributed by atoms with E-state index in [-0.39, 0.29) is 5.56 Å². The lowest BCUT2D eigenvalue weighted by molar-refractivity contribution is -0.116. The van der Waals surface area contributed by atoms with E-state index in [0.29, 0.717) is 11.0 Å². The predicted molar refractivity (Wildman–Crippen MR) is 85.7 cm³/mol. The van der Waals surface area contributed by atoms with E-state index >= 15 is 0 Å². The lowest BCUT2D eigenvalue weighted by Gasteiger charge is -2.04. The summed E-state index contributed by atoms with van der Waals surface area (Å²) in [5.41, 5.74) is -0.822. The van der Waals surface area contributed by atoms with Gasteiger partial charge in [0.1, 0.15) is 11.1 Å². The maximum atomic E-state index is 12.2. The zero-order valence-corrected chi connectivity index (χ0v) is 12.3. The van der Waals surface area contributed by atoms with Gasteiger partial charge in [0.05, 0.1) is 0 Å². The molecule has 0 aliphatic carbocycles. The van der Waals surface area contributed by atoms with Gasteiger partial charge in [-0.15, -0.1) is 0 Å². The quantitative estimate of drug-likeness (QED) is 0.452. The maximum absolute atomic E-state index is 12.2. The Balaban J connectivity index is 1.86. The number of Topliss-reactive ketones (excluding diaryl/α,β-unsaturated/α-hetero) is 1. The number of imide groups is 1. The van der Waals surface area contributed by atoms with Crippen molar-refractivity contribution >= 4 is 28.6 Å². The van der Waals surface area contributed by atoms with Crippen LogP contribution in [0.15, 0.2) is 69.9 Å². The van der Waals surface area contributed by atoms with Gasteiger partial charge >= 0.3 is 5.63 Å². The standard InChI is InChI=1S/C18H11NO5/c20-15(17(22)19-16(21)11-6-2-1-3-7-11)13-10-12-8-4-5-9-14(12)24-18(13)23/h1-10H,(H,19,21,22). The van der Waals surface area contributed by atoms with Crippen LogP contribution in [0.4, 0.5) is 0 Å². The lowest BCUT2D eigenvalue weighted by Crippen LogP contribution is -2.37. The first kappa shape index (κ1) is 15.4. The van der Waals surface area contributed by atoms with Crippen LogP contribution >= 0.6 is 0 Å². The fourth-order valence-corrected chi connectivity index (χ4v) is 2.16. The number of carbonyl (C=O) groups is 3. The third-order valence-corrected chi connectivity index (χ3v) is 3.36. The number of nitrogens with one attached hydrogen (secondary N) is 1. The second kappa shape index (κ2) is 6.29. The van der Waals surface area contributed by atoms with E-state index in [1.54, 1.807) is 42.5 Å². The fourth-order valence-electron chi connectivity index (χ4n) is 2.16. The number of benzene rings is 2. The minimum absolute atomic E-state index is 0.226. The van der Waals surface area contributed by atoms with Gasteiger partial charge in [0.15, 0.2) is 0 Å². The molecule has 0 saturated heterocycles. The average Bonchev–Trinajstić information content (AvgIpc) is 2.61. The first-order chi connectivity index (χ1) is 11.6. The summed E-state index contributed by atoms with van der Waals surface area (Å²) in [5.74, 6) is -3.04. The van der Waals surface area contributed by atoms with E-state index in [1.807, 2.05) is 5.32 Å². The Bertz CT molecular complexity index is 1000. The van der Waals surface area contributed by atoms with Crippen molar-refractivity contribution in [1.29, 1.82) is 0 Å². The summed E-state index contributed by atoms with van der Waals surface area (Å²) in [6.07, 6.45) is 0. The molecular weight excluding hydrogens is 310 g/mol. The molecule has 0 fully saturated rings. The van der Waals surface area contributed by atoms with Gasteiger partial charge in [-0.3, -0.25) is 19.7 Å². The summed E-state index contributed by atoms with van der Waals surface area (Å²) < 4.78 is 5.01. The summed E-state index contributed by atoms with van der Waals surface area (Å²) in [7, 11) is 0. The van der Waals surface area contributed by atoms with E-state index in [2.05, 4.69) is 0 Å². The van der Waals surface area contributed by atoms with Crippen LogP contribution in [0, 0.1) is 0 Å². The Kier molecular flexibility index (Phi) is 4.03. The van der Waals surface area contributed by atoms with E-state index in [0.717, 1.165) is 0 Å². The number of hydrogen-bond donors (Lipinski definition) is 1. The molecule has 2 aromatic carbocycles. The number of hydrogen-bond acceptors (Lipinski definition) is 5. The molecule has 118 valence electrons. The Morgan fingerprint density at radius 1 is 0.875 bits per heavy atom. The van der Waals surface area contributed by atoms with Gasteiger partial charge in [0.2, 0.25) is 0 Å². The fraction of sp³-hybridized carbons (Fsp3) is 0. The molecule has 3 rings (SSSR count). The molecule has 0 bridgehead atoms. The first-order valence-corrected chi connectivity index (χ1v) is 7.04. The molecule has 1 aromatic heterocycles. The summed E-state index contributed by atoms with van der Waals surface area (Å²) in [6, 6.07) is 15.8. The summed E-state index contributed by atoms with van der Waals surface area (Å²) in [4.78, 5) is 47.9. The van der Waals surface area contributed by atoms with Gasteiger partial charge in [-0.05, 0) is 24.3 Å². The van der Waals surface area contributed by atoms with E-state index < -0.39 is 28.8 Å². The van der Waals surface area contributed by atoms with Crippen LogP contribution in [-0.2, 0) is 4.79 Å². The number of para-hydroxylation sites is 1. The highest BCUT2D eigenvalue weighted by Crippen LogP contribution is 2.13. The predicted octanol–water partition coefficient (Wildman–Crippen LogP) is 1.93. The van der Waals surface area contributed by atoms with Crippen LogP contribution in [0.25, 0.3) is 11.0 Å². The van der Waals surface area contributed by atoms with E-state index in [4.69, 9.17) is 4.42 Å². The van der Waals surface area contributed by atoms with Crippen LogP contribution in [0.1, 0.15) is 20.7 Å². The molecule has 1 N–H and O–H groups in total. The third kappa shape index (κ3) is 2.98. The van der Waals surface area contributed by atoms with Crippen molar-refractivity contribution in [3.63, 3.8) is 0 Å². The summed E-state index contributed by atoms with van der Waals surface area (Å²) >= 11 is 0. The first-order valence-electron chi connectivity index (χ1n) is 7.04. The molecule has 0 spiro atoms. The number of carbonyl (C=O) groups excluding carboxylic acids is 3. The number of fused-ring (bicyclic) bond motifs is 1. The highest BCUT2D eigenvalue weighted by molar-refractivity contribution is 6.45.